The van der Waals surface area contributed by atoms with Gasteiger partial charge in [-0.15, -0.1) is 0 Å². The summed E-state index contributed by atoms with van der Waals surface area (Å²) in [6.07, 6.45) is -0.624. The Labute approximate surface area is 117 Å². The van der Waals surface area contributed by atoms with Crippen molar-refractivity contribution >= 4 is 0 Å². The number of rotatable bonds is 2. The summed E-state index contributed by atoms with van der Waals surface area (Å²) in [5, 5.41) is 9.41. The van der Waals surface area contributed by atoms with Gasteiger partial charge in [-0.2, -0.15) is 13.2 Å². The molecule has 0 amide bonds. The van der Waals surface area contributed by atoms with Gasteiger partial charge in [0.25, 0.3) is 0 Å². The fourth-order valence-corrected chi connectivity index (χ4v) is 6.93. The van der Waals surface area contributed by atoms with Crippen molar-refractivity contribution in [2.45, 2.75) is 57.7 Å². The highest BCUT2D eigenvalue weighted by Crippen LogP contribution is 2.74. The van der Waals surface area contributed by atoms with Gasteiger partial charge in [0.05, 0.1) is 0 Å². The van der Waals surface area contributed by atoms with Crippen LogP contribution in [0.2, 0.25) is 0 Å². The Kier molecular flexibility index (Phi) is 2.64. The zero-order valence-electron chi connectivity index (χ0n) is 11.9. The summed E-state index contributed by atoms with van der Waals surface area (Å²) < 4.78 is 37.8. The Morgan fingerprint density at radius 1 is 1.20 bits per heavy atom. The Bertz CT molecular complexity index is 420. The minimum atomic E-state index is -4.45. The van der Waals surface area contributed by atoms with Crippen LogP contribution in [-0.2, 0) is 0 Å². The van der Waals surface area contributed by atoms with Gasteiger partial charge in [0.1, 0.15) is 6.10 Å². The first-order valence-corrected chi connectivity index (χ1v) is 8.04. The Morgan fingerprint density at radius 2 is 1.90 bits per heavy atom. The number of hydrogen-bond acceptors (Lipinski definition) is 1. The van der Waals surface area contributed by atoms with Gasteiger partial charge >= 0.3 is 6.18 Å². The van der Waals surface area contributed by atoms with Crippen LogP contribution in [-0.4, -0.2) is 17.4 Å². The molecule has 4 saturated carbocycles. The third kappa shape index (κ3) is 1.66. The number of aliphatic hydroxyl groups is 1. The largest absolute Gasteiger partial charge is 0.414 e. The van der Waals surface area contributed by atoms with E-state index < -0.39 is 12.3 Å². The highest BCUT2D eigenvalue weighted by Gasteiger charge is 2.67. The molecule has 8 atom stereocenters. The lowest BCUT2D eigenvalue weighted by Crippen LogP contribution is -2.39. The van der Waals surface area contributed by atoms with Crippen LogP contribution >= 0.6 is 0 Å². The highest BCUT2D eigenvalue weighted by molar-refractivity contribution is 5.15. The van der Waals surface area contributed by atoms with E-state index in [4.69, 9.17) is 0 Å². The van der Waals surface area contributed by atoms with E-state index in [9.17, 15) is 18.3 Å². The Morgan fingerprint density at radius 3 is 2.60 bits per heavy atom. The summed E-state index contributed by atoms with van der Waals surface area (Å²) in [6.45, 7) is 2.31. The molecule has 1 N–H and O–H groups in total. The Balaban J connectivity index is 1.53. The van der Waals surface area contributed by atoms with E-state index in [1.807, 2.05) is 0 Å². The molecule has 4 fully saturated rings. The number of fused-ring (bicyclic) bond motifs is 9. The first kappa shape index (κ1) is 13.4. The second-order valence-corrected chi connectivity index (χ2v) is 8.22. The molecular formula is C16H23F3O. The average molecular weight is 288 g/mol. The molecule has 0 radical (unpaired) electrons. The van der Waals surface area contributed by atoms with Gasteiger partial charge in [-0.25, -0.2) is 0 Å². The van der Waals surface area contributed by atoms with E-state index in [-0.39, 0.29) is 17.8 Å². The van der Waals surface area contributed by atoms with Gasteiger partial charge < -0.3 is 5.11 Å². The van der Waals surface area contributed by atoms with Crippen LogP contribution < -0.4 is 0 Å². The molecule has 4 bridgehead atoms. The van der Waals surface area contributed by atoms with E-state index in [2.05, 4.69) is 6.92 Å². The predicted molar refractivity (Wildman–Crippen MR) is 68.8 cm³/mol. The molecule has 0 saturated heterocycles. The predicted octanol–water partition coefficient (Wildman–Crippen LogP) is 4.01. The van der Waals surface area contributed by atoms with Crippen LogP contribution in [0.5, 0.6) is 0 Å². The summed E-state index contributed by atoms with van der Waals surface area (Å²) in [5.74, 6) is 3.65. The van der Waals surface area contributed by atoms with E-state index in [1.54, 1.807) is 0 Å². The Hall–Kier alpha value is -0.250. The second kappa shape index (κ2) is 3.93. The van der Waals surface area contributed by atoms with Crippen molar-refractivity contribution in [3.05, 3.63) is 0 Å². The summed E-state index contributed by atoms with van der Waals surface area (Å²) in [7, 11) is 0. The maximum atomic E-state index is 12.6. The number of halogens is 3. The molecule has 0 aromatic carbocycles. The van der Waals surface area contributed by atoms with Crippen molar-refractivity contribution < 1.29 is 18.3 Å². The maximum absolute atomic E-state index is 12.6. The molecule has 20 heavy (non-hydrogen) atoms. The first-order chi connectivity index (χ1) is 9.29. The molecule has 0 aromatic heterocycles. The minimum absolute atomic E-state index is 0.0651. The van der Waals surface area contributed by atoms with E-state index in [1.165, 1.54) is 19.3 Å². The molecule has 4 aliphatic rings. The van der Waals surface area contributed by atoms with Crippen LogP contribution in [0.3, 0.4) is 0 Å². The molecule has 0 aromatic rings. The van der Waals surface area contributed by atoms with Crippen molar-refractivity contribution in [3.63, 3.8) is 0 Å². The lowest BCUT2D eigenvalue weighted by molar-refractivity contribution is -0.210. The lowest BCUT2D eigenvalue weighted by atomic mass is 9.62. The first-order valence-electron chi connectivity index (χ1n) is 8.04. The van der Waals surface area contributed by atoms with Gasteiger partial charge in [-0.3, -0.25) is 0 Å². The molecular weight excluding hydrogens is 265 g/mol. The normalized spacial score (nSPS) is 54.5. The standard InChI is InChI=1S/C16H23F3O/c1-15-6-10(5-12(20)16(17,18)19)11(7-15)13-8-2-3-9(4-8)14(13)15/h8-14,20H,2-7H2,1H3. The number of hydrogen-bond donors (Lipinski definition) is 1. The van der Waals surface area contributed by atoms with Crippen LogP contribution in [0.1, 0.15) is 45.4 Å². The molecule has 4 aliphatic carbocycles. The topological polar surface area (TPSA) is 20.2 Å². The van der Waals surface area contributed by atoms with Crippen LogP contribution in [0, 0.1) is 40.9 Å². The van der Waals surface area contributed by atoms with Crippen LogP contribution in [0.4, 0.5) is 13.2 Å². The molecule has 0 spiro atoms. The zero-order valence-corrected chi connectivity index (χ0v) is 11.9. The summed E-state index contributed by atoms with van der Waals surface area (Å²) in [5.41, 5.74) is 0.269. The zero-order chi connectivity index (χ0) is 14.3. The van der Waals surface area contributed by atoms with Gasteiger partial charge in [0, 0.05) is 0 Å². The van der Waals surface area contributed by atoms with E-state index >= 15 is 0 Å². The van der Waals surface area contributed by atoms with Gasteiger partial charge in [-0.05, 0) is 79.4 Å². The van der Waals surface area contributed by atoms with Gasteiger partial charge in [0.2, 0.25) is 0 Å². The quantitative estimate of drug-likeness (QED) is 0.761. The lowest BCUT2D eigenvalue weighted by Gasteiger charge is -2.43. The van der Waals surface area contributed by atoms with Crippen molar-refractivity contribution in [2.75, 3.05) is 0 Å². The molecule has 4 heteroatoms. The summed E-state index contributed by atoms with van der Waals surface area (Å²) in [6, 6.07) is 0. The SMILES string of the molecule is CC12CC(CC(O)C(F)(F)F)C(C1)C1C3CCC(C3)C12. The summed E-state index contributed by atoms with van der Waals surface area (Å²) in [4.78, 5) is 0. The molecule has 1 nitrogen and oxygen atoms in total. The van der Waals surface area contributed by atoms with E-state index in [0.717, 1.165) is 30.6 Å². The molecule has 114 valence electrons. The molecule has 0 aliphatic heterocycles. The third-order valence-electron chi connectivity index (χ3n) is 7.22. The second-order valence-electron chi connectivity index (χ2n) is 8.22. The maximum Gasteiger partial charge on any atom is 0.414 e. The molecule has 4 rings (SSSR count). The van der Waals surface area contributed by atoms with Crippen molar-refractivity contribution in [2.24, 2.45) is 40.9 Å². The van der Waals surface area contributed by atoms with Crippen LogP contribution in [0.25, 0.3) is 0 Å². The minimum Gasteiger partial charge on any atom is -0.384 e. The third-order valence-corrected chi connectivity index (χ3v) is 7.22. The van der Waals surface area contributed by atoms with Crippen LogP contribution in [0.15, 0.2) is 0 Å². The van der Waals surface area contributed by atoms with Crippen molar-refractivity contribution in [3.8, 4) is 0 Å². The highest BCUT2D eigenvalue weighted by atomic mass is 19.4. The van der Waals surface area contributed by atoms with Gasteiger partial charge in [-0.1, -0.05) is 6.92 Å². The van der Waals surface area contributed by atoms with Crippen molar-refractivity contribution in [1.29, 1.82) is 0 Å². The summed E-state index contributed by atoms with van der Waals surface area (Å²) >= 11 is 0. The van der Waals surface area contributed by atoms with E-state index in [0.29, 0.717) is 11.8 Å². The number of aliphatic hydroxyl groups excluding tert-OH is 1. The number of alkyl halides is 3. The van der Waals surface area contributed by atoms with Crippen molar-refractivity contribution in [1.82, 2.24) is 0 Å². The molecule has 8 unspecified atom stereocenters. The fourth-order valence-electron chi connectivity index (χ4n) is 6.93. The van der Waals surface area contributed by atoms with Gasteiger partial charge in [0.15, 0.2) is 0 Å². The molecule has 0 heterocycles. The average Bonchev–Trinajstić information content (AvgIpc) is 3.03. The monoisotopic (exact) mass is 288 g/mol. The smallest absolute Gasteiger partial charge is 0.384 e. The fraction of sp³-hybridized carbons (Fsp3) is 1.00.